The van der Waals surface area contributed by atoms with Crippen LogP contribution in [0.4, 0.5) is 0 Å². The van der Waals surface area contributed by atoms with Gasteiger partial charge in [0.25, 0.3) is 0 Å². The summed E-state index contributed by atoms with van der Waals surface area (Å²) >= 11 is 0. The predicted octanol–water partition coefficient (Wildman–Crippen LogP) is 0.801. The van der Waals surface area contributed by atoms with E-state index >= 15 is 0 Å². The van der Waals surface area contributed by atoms with E-state index < -0.39 is 0 Å². The smallest absolute Gasteiger partial charge is 0.140 e. The van der Waals surface area contributed by atoms with Crippen molar-refractivity contribution in [1.29, 1.82) is 0 Å². The lowest BCUT2D eigenvalue weighted by molar-refractivity contribution is 0.438. The van der Waals surface area contributed by atoms with Gasteiger partial charge in [-0.1, -0.05) is 0 Å². The van der Waals surface area contributed by atoms with Gasteiger partial charge in [0.05, 0.1) is 12.4 Å². The molecule has 0 bridgehead atoms. The summed E-state index contributed by atoms with van der Waals surface area (Å²) in [6.07, 6.45) is 2.57. The van der Waals surface area contributed by atoms with Gasteiger partial charge in [-0.25, -0.2) is 0 Å². The summed E-state index contributed by atoms with van der Waals surface area (Å²) < 4.78 is 0. The van der Waals surface area contributed by atoms with Crippen molar-refractivity contribution in [1.82, 2.24) is 4.98 Å². The molecule has 0 aromatic carbocycles. The van der Waals surface area contributed by atoms with Crippen molar-refractivity contribution in [2.75, 3.05) is 0 Å². The van der Waals surface area contributed by atoms with Gasteiger partial charge in [-0.3, -0.25) is 4.98 Å². The Morgan fingerprint density at radius 2 is 1.67 bits per heavy atom. The second-order valence-corrected chi connectivity index (χ2v) is 1.80. The molecule has 9 heavy (non-hydrogen) atoms. The van der Waals surface area contributed by atoms with Crippen LogP contribution in [0.25, 0.3) is 0 Å². The van der Waals surface area contributed by atoms with Gasteiger partial charge in [-0.05, 0) is 6.92 Å². The van der Waals surface area contributed by atoms with E-state index in [1.165, 1.54) is 12.4 Å². The molecule has 3 heteroatoms. The molecule has 0 fully saturated rings. The van der Waals surface area contributed by atoms with E-state index in [1.54, 1.807) is 6.92 Å². The van der Waals surface area contributed by atoms with E-state index in [2.05, 4.69) is 4.98 Å². The maximum Gasteiger partial charge on any atom is 0.140 e. The molecule has 1 aromatic rings. The third kappa shape index (κ3) is 0.937. The molecule has 1 aromatic heterocycles. The van der Waals surface area contributed by atoms with Crippen LogP contribution in [0.1, 0.15) is 5.56 Å². The average Bonchev–Trinajstić information content (AvgIpc) is 1.83. The molecular formula is C6H7NO2. The molecule has 3 nitrogen and oxygen atoms in total. The predicted molar refractivity (Wildman–Crippen MR) is 32.3 cm³/mol. The summed E-state index contributed by atoms with van der Waals surface area (Å²) in [4.78, 5) is 3.54. The highest BCUT2D eigenvalue weighted by atomic mass is 16.3. The maximum atomic E-state index is 8.88. The van der Waals surface area contributed by atoms with Crippen LogP contribution in [0.15, 0.2) is 12.4 Å². The molecule has 0 unspecified atom stereocenters. The number of hydrogen-bond donors (Lipinski definition) is 2. The van der Waals surface area contributed by atoms with Gasteiger partial charge in [0, 0.05) is 5.56 Å². The summed E-state index contributed by atoms with van der Waals surface area (Å²) in [6.45, 7) is 1.62. The van der Waals surface area contributed by atoms with E-state index in [0.717, 1.165) is 0 Å². The van der Waals surface area contributed by atoms with Gasteiger partial charge < -0.3 is 10.2 Å². The molecule has 0 saturated heterocycles. The Kier molecular flexibility index (Phi) is 1.26. The number of pyridine rings is 1. The molecule has 48 valence electrons. The molecule has 0 aliphatic heterocycles. The summed E-state index contributed by atoms with van der Waals surface area (Å²) in [5, 5.41) is 17.8. The lowest BCUT2D eigenvalue weighted by atomic mass is 10.2. The fourth-order valence-electron chi connectivity index (χ4n) is 0.503. The van der Waals surface area contributed by atoms with Crippen LogP contribution in [-0.2, 0) is 0 Å². The molecule has 0 aliphatic carbocycles. The summed E-state index contributed by atoms with van der Waals surface area (Å²) in [6, 6.07) is 0. The van der Waals surface area contributed by atoms with Gasteiger partial charge in [0.1, 0.15) is 11.5 Å². The lowest BCUT2D eigenvalue weighted by Crippen LogP contribution is -1.77. The topological polar surface area (TPSA) is 53.4 Å². The minimum Gasteiger partial charge on any atom is -0.506 e. The summed E-state index contributed by atoms with van der Waals surface area (Å²) in [7, 11) is 0. The lowest BCUT2D eigenvalue weighted by Gasteiger charge is -1.97. The highest BCUT2D eigenvalue weighted by Crippen LogP contribution is 2.22. The van der Waals surface area contributed by atoms with Gasteiger partial charge in [0.15, 0.2) is 0 Å². The fraction of sp³-hybridized carbons (Fsp3) is 0.167. The third-order valence-corrected chi connectivity index (χ3v) is 1.16. The van der Waals surface area contributed by atoms with E-state index in [4.69, 9.17) is 10.2 Å². The number of aromatic nitrogens is 1. The Bertz CT molecular complexity index is 202. The number of hydrogen-bond acceptors (Lipinski definition) is 3. The van der Waals surface area contributed by atoms with Crippen molar-refractivity contribution >= 4 is 0 Å². The van der Waals surface area contributed by atoms with Crippen LogP contribution in [0.3, 0.4) is 0 Å². The van der Waals surface area contributed by atoms with Crippen molar-refractivity contribution in [3.8, 4) is 11.5 Å². The third-order valence-electron chi connectivity index (χ3n) is 1.16. The van der Waals surface area contributed by atoms with Crippen LogP contribution >= 0.6 is 0 Å². The zero-order chi connectivity index (χ0) is 6.85. The zero-order valence-electron chi connectivity index (χ0n) is 5.00. The molecule has 1 heterocycles. The molecule has 0 aliphatic rings. The molecule has 0 amide bonds. The fourth-order valence-corrected chi connectivity index (χ4v) is 0.503. The quantitative estimate of drug-likeness (QED) is 0.539. The molecule has 0 saturated carbocycles. The number of aromatic hydroxyl groups is 2. The summed E-state index contributed by atoms with van der Waals surface area (Å²) in [5.74, 6) is 0.0463. The highest BCUT2D eigenvalue weighted by molar-refractivity contribution is 5.37. The number of rotatable bonds is 0. The standard InChI is InChI=1S/C6H7NO2/c1-4-5(8)2-7-3-6(4)9/h2-3,8-9H,1H3. The first-order chi connectivity index (χ1) is 4.22. The van der Waals surface area contributed by atoms with Crippen molar-refractivity contribution in [3.63, 3.8) is 0 Å². The van der Waals surface area contributed by atoms with E-state index in [0.29, 0.717) is 5.56 Å². The van der Waals surface area contributed by atoms with Crippen LogP contribution in [0.5, 0.6) is 11.5 Å². The minimum atomic E-state index is 0.0231. The molecule has 0 spiro atoms. The first kappa shape index (κ1) is 5.88. The van der Waals surface area contributed by atoms with Crippen molar-refractivity contribution in [2.45, 2.75) is 6.92 Å². The van der Waals surface area contributed by atoms with Gasteiger partial charge in [0.2, 0.25) is 0 Å². The van der Waals surface area contributed by atoms with Gasteiger partial charge >= 0.3 is 0 Å². The second kappa shape index (κ2) is 1.93. The molecule has 0 radical (unpaired) electrons. The van der Waals surface area contributed by atoms with Crippen molar-refractivity contribution in [3.05, 3.63) is 18.0 Å². The molecule has 2 N–H and O–H groups in total. The Morgan fingerprint density at radius 3 is 2.00 bits per heavy atom. The van der Waals surface area contributed by atoms with Crippen LogP contribution < -0.4 is 0 Å². The Balaban J connectivity index is 3.25. The van der Waals surface area contributed by atoms with Gasteiger partial charge in [-0.15, -0.1) is 0 Å². The Labute approximate surface area is 52.6 Å². The zero-order valence-corrected chi connectivity index (χ0v) is 5.00. The van der Waals surface area contributed by atoms with Crippen LogP contribution in [0, 0.1) is 6.92 Å². The van der Waals surface area contributed by atoms with E-state index in [9.17, 15) is 0 Å². The Hall–Kier alpha value is -1.25. The highest BCUT2D eigenvalue weighted by Gasteiger charge is 1.98. The van der Waals surface area contributed by atoms with Crippen LogP contribution in [-0.4, -0.2) is 15.2 Å². The van der Waals surface area contributed by atoms with Crippen LogP contribution in [0.2, 0.25) is 0 Å². The maximum absolute atomic E-state index is 8.88. The van der Waals surface area contributed by atoms with Gasteiger partial charge in [-0.2, -0.15) is 0 Å². The largest absolute Gasteiger partial charge is 0.506 e. The average molecular weight is 125 g/mol. The van der Waals surface area contributed by atoms with E-state index in [-0.39, 0.29) is 11.5 Å². The molecule has 0 atom stereocenters. The molecule has 1 rings (SSSR count). The monoisotopic (exact) mass is 125 g/mol. The first-order valence-corrected chi connectivity index (χ1v) is 2.54. The molecular weight excluding hydrogens is 118 g/mol. The summed E-state index contributed by atoms with van der Waals surface area (Å²) in [5.41, 5.74) is 0.463. The van der Waals surface area contributed by atoms with E-state index in [1.807, 2.05) is 0 Å². The Morgan fingerprint density at radius 1 is 1.22 bits per heavy atom. The minimum absolute atomic E-state index is 0.0231. The second-order valence-electron chi connectivity index (χ2n) is 1.80. The first-order valence-electron chi connectivity index (χ1n) is 2.54. The normalized spacial score (nSPS) is 9.44. The SMILES string of the molecule is Cc1c(O)cncc1O. The van der Waals surface area contributed by atoms with Crippen molar-refractivity contribution < 1.29 is 10.2 Å². The van der Waals surface area contributed by atoms with Crippen molar-refractivity contribution in [2.24, 2.45) is 0 Å². The number of nitrogens with zero attached hydrogens (tertiary/aromatic N) is 1.